The quantitative estimate of drug-likeness (QED) is 0.565. The van der Waals surface area contributed by atoms with Crippen molar-refractivity contribution < 1.29 is 4.98 Å². The molecule has 0 aliphatic heterocycles. The smallest absolute Gasteiger partial charge is 0.205 e. The summed E-state index contributed by atoms with van der Waals surface area (Å²) in [5.74, 6) is 1.20. The third kappa shape index (κ3) is 2.51. The molecular formula is C13H16NS+. The van der Waals surface area contributed by atoms with E-state index in [1.165, 1.54) is 34.4 Å². The average molecular weight is 218 g/mol. The van der Waals surface area contributed by atoms with Crippen LogP contribution >= 0.6 is 11.8 Å². The fourth-order valence-corrected chi connectivity index (χ4v) is 2.70. The summed E-state index contributed by atoms with van der Waals surface area (Å²) in [5.41, 5.74) is 0. The van der Waals surface area contributed by atoms with Gasteiger partial charge in [0.25, 0.3) is 0 Å². The first kappa shape index (κ1) is 10.5. The third-order valence-corrected chi connectivity index (χ3v) is 3.55. The molecule has 2 rings (SSSR count). The van der Waals surface area contributed by atoms with Gasteiger partial charge in [-0.1, -0.05) is 43.3 Å². The summed E-state index contributed by atoms with van der Waals surface area (Å²) in [6, 6.07) is 10.6. The Kier molecular flexibility index (Phi) is 3.62. The number of rotatable bonds is 4. The molecule has 0 aliphatic rings. The summed E-state index contributed by atoms with van der Waals surface area (Å²) in [7, 11) is 0. The SMILES string of the molecule is CCCCSc1[nH+]ccc2ccccc12. The molecule has 1 heterocycles. The van der Waals surface area contributed by atoms with Crippen LogP contribution in [0.25, 0.3) is 10.8 Å². The summed E-state index contributed by atoms with van der Waals surface area (Å²) in [6.07, 6.45) is 4.57. The molecule has 0 aliphatic carbocycles. The van der Waals surface area contributed by atoms with Gasteiger partial charge < -0.3 is 0 Å². The number of pyridine rings is 1. The number of nitrogens with one attached hydrogen (secondary N) is 1. The van der Waals surface area contributed by atoms with Gasteiger partial charge in [0, 0.05) is 11.8 Å². The van der Waals surface area contributed by atoms with Crippen LogP contribution < -0.4 is 4.98 Å². The minimum Gasteiger partial charge on any atom is -0.205 e. The molecule has 1 aromatic carbocycles. The first-order valence-corrected chi connectivity index (χ1v) is 6.42. The highest BCUT2D eigenvalue weighted by Crippen LogP contribution is 2.23. The van der Waals surface area contributed by atoms with Gasteiger partial charge in [-0.2, -0.15) is 0 Å². The van der Waals surface area contributed by atoms with Crippen molar-refractivity contribution in [1.82, 2.24) is 0 Å². The van der Waals surface area contributed by atoms with Crippen LogP contribution in [0.4, 0.5) is 0 Å². The fourth-order valence-electron chi connectivity index (χ4n) is 1.57. The van der Waals surface area contributed by atoms with Crippen LogP contribution in [0.15, 0.2) is 41.6 Å². The van der Waals surface area contributed by atoms with E-state index in [9.17, 15) is 0 Å². The number of hydrogen-bond acceptors (Lipinski definition) is 1. The number of aromatic nitrogens is 1. The lowest BCUT2D eigenvalue weighted by Gasteiger charge is -1.99. The number of H-pyrrole nitrogens is 1. The maximum atomic E-state index is 3.33. The van der Waals surface area contributed by atoms with E-state index in [-0.39, 0.29) is 0 Å². The molecule has 0 bridgehead atoms. The Morgan fingerprint density at radius 3 is 2.93 bits per heavy atom. The van der Waals surface area contributed by atoms with Crippen molar-refractivity contribution in [2.75, 3.05) is 5.75 Å². The third-order valence-electron chi connectivity index (χ3n) is 2.43. The molecular weight excluding hydrogens is 202 g/mol. The Morgan fingerprint density at radius 2 is 2.07 bits per heavy atom. The van der Waals surface area contributed by atoms with Crippen LogP contribution in [0, 0.1) is 0 Å². The number of thioether (sulfide) groups is 1. The molecule has 1 N–H and O–H groups in total. The molecule has 0 unspecified atom stereocenters. The van der Waals surface area contributed by atoms with E-state index in [1.807, 2.05) is 18.0 Å². The number of benzene rings is 1. The zero-order chi connectivity index (χ0) is 10.5. The predicted molar refractivity (Wildman–Crippen MR) is 66.1 cm³/mol. The van der Waals surface area contributed by atoms with E-state index >= 15 is 0 Å². The van der Waals surface area contributed by atoms with Crippen molar-refractivity contribution in [3.05, 3.63) is 36.5 Å². The van der Waals surface area contributed by atoms with Crippen molar-refractivity contribution in [3.8, 4) is 0 Å². The van der Waals surface area contributed by atoms with E-state index in [1.54, 1.807) is 0 Å². The number of fused-ring (bicyclic) bond motifs is 1. The van der Waals surface area contributed by atoms with E-state index in [0.29, 0.717) is 0 Å². The first-order valence-electron chi connectivity index (χ1n) is 5.44. The molecule has 1 aromatic heterocycles. The van der Waals surface area contributed by atoms with Crippen molar-refractivity contribution >= 4 is 22.5 Å². The second-order valence-corrected chi connectivity index (χ2v) is 4.70. The van der Waals surface area contributed by atoms with Gasteiger partial charge in [-0.15, -0.1) is 0 Å². The van der Waals surface area contributed by atoms with E-state index in [0.717, 1.165) is 0 Å². The normalized spacial score (nSPS) is 10.7. The molecule has 0 amide bonds. The number of hydrogen-bond donors (Lipinski definition) is 0. The Hall–Kier alpha value is -1.02. The molecule has 2 heteroatoms. The van der Waals surface area contributed by atoms with Crippen LogP contribution in [0.2, 0.25) is 0 Å². The van der Waals surface area contributed by atoms with Gasteiger partial charge in [-0.05, 0) is 17.9 Å². The van der Waals surface area contributed by atoms with Gasteiger partial charge in [0.15, 0.2) is 6.20 Å². The van der Waals surface area contributed by atoms with Gasteiger partial charge >= 0.3 is 0 Å². The zero-order valence-electron chi connectivity index (χ0n) is 8.99. The average Bonchev–Trinajstić information content (AvgIpc) is 2.30. The van der Waals surface area contributed by atoms with Crippen LogP contribution in [0.3, 0.4) is 0 Å². The topological polar surface area (TPSA) is 14.1 Å². The fraction of sp³-hybridized carbons (Fsp3) is 0.308. The van der Waals surface area contributed by atoms with Gasteiger partial charge in [-0.3, -0.25) is 0 Å². The van der Waals surface area contributed by atoms with Gasteiger partial charge in [0.2, 0.25) is 5.03 Å². The summed E-state index contributed by atoms with van der Waals surface area (Å²) in [6.45, 7) is 2.23. The Morgan fingerprint density at radius 1 is 1.20 bits per heavy atom. The van der Waals surface area contributed by atoms with Crippen molar-refractivity contribution in [2.45, 2.75) is 24.8 Å². The minimum atomic E-state index is 1.20. The summed E-state index contributed by atoms with van der Waals surface area (Å²) < 4.78 is 0. The lowest BCUT2D eigenvalue weighted by Crippen LogP contribution is -2.05. The minimum absolute atomic E-state index is 1.20. The number of aromatic amines is 1. The molecule has 0 radical (unpaired) electrons. The highest BCUT2D eigenvalue weighted by atomic mass is 32.2. The second-order valence-electron chi connectivity index (χ2n) is 3.60. The Balaban J connectivity index is 2.26. The molecule has 15 heavy (non-hydrogen) atoms. The molecule has 2 aromatic rings. The molecule has 78 valence electrons. The maximum absolute atomic E-state index is 3.33. The highest BCUT2D eigenvalue weighted by molar-refractivity contribution is 7.99. The standard InChI is InChI=1S/C13H15NS/c1-2-3-10-15-13-12-7-5-4-6-11(12)8-9-14-13/h4-9H,2-3,10H2,1H3/p+1. The Labute approximate surface area is 94.9 Å². The molecule has 0 spiro atoms. The lowest BCUT2D eigenvalue weighted by atomic mass is 10.2. The maximum Gasteiger partial charge on any atom is 0.246 e. The van der Waals surface area contributed by atoms with Crippen LogP contribution in [-0.4, -0.2) is 5.75 Å². The highest BCUT2D eigenvalue weighted by Gasteiger charge is 2.06. The van der Waals surface area contributed by atoms with Crippen LogP contribution in [0.1, 0.15) is 19.8 Å². The molecule has 0 saturated heterocycles. The zero-order valence-corrected chi connectivity index (χ0v) is 9.81. The molecule has 0 atom stereocenters. The van der Waals surface area contributed by atoms with Crippen molar-refractivity contribution in [3.63, 3.8) is 0 Å². The second kappa shape index (κ2) is 5.17. The molecule has 0 saturated carbocycles. The largest absolute Gasteiger partial charge is 0.246 e. The lowest BCUT2D eigenvalue weighted by molar-refractivity contribution is -0.423. The van der Waals surface area contributed by atoms with Gasteiger partial charge in [-0.25, -0.2) is 4.98 Å². The number of unbranched alkanes of at least 4 members (excludes halogenated alkanes) is 1. The summed E-state index contributed by atoms with van der Waals surface area (Å²) >= 11 is 1.92. The van der Waals surface area contributed by atoms with Crippen molar-refractivity contribution in [2.24, 2.45) is 0 Å². The first-order chi connectivity index (χ1) is 7.42. The predicted octanol–water partition coefficient (Wildman–Crippen LogP) is 3.55. The van der Waals surface area contributed by atoms with E-state index in [2.05, 4.69) is 42.2 Å². The monoisotopic (exact) mass is 218 g/mol. The van der Waals surface area contributed by atoms with E-state index < -0.39 is 0 Å². The van der Waals surface area contributed by atoms with Gasteiger partial charge in [0.05, 0.1) is 5.39 Å². The van der Waals surface area contributed by atoms with Crippen molar-refractivity contribution in [1.29, 1.82) is 0 Å². The molecule has 0 fully saturated rings. The molecule has 1 nitrogen and oxygen atoms in total. The van der Waals surface area contributed by atoms with Crippen LogP contribution in [-0.2, 0) is 0 Å². The van der Waals surface area contributed by atoms with Crippen LogP contribution in [0.5, 0.6) is 0 Å². The Bertz CT molecular complexity index is 434. The van der Waals surface area contributed by atoms with E-state index in [4.69, 9.17) is 0 Å². The summed E-state index contributed by atoms with van der Waals surface area (Å²) in [4.78, 5) is 3.33. The van der Waals surface area contributed by atoms with Gasteiger partial charge in [0.1, 0.15) is 0 Å². The summed E-state index contributed by atoms with van der Waals surface area (Å²) in [5, 5.41) is 3.94.